The van der Waals surface area contributed by atoms with Gasteiger partial charge in [-0.15, -0.1) is 0 Å². The fourth-order valence-corrected chi connectivity index (χ4v) is 2.39. The van der Waals surface area contributed by atoms with Gasteiger partial charge in [0.05, 0.1) is 6.20 Å². The molecular weight excluding hydrogens is 262 g/mol. The lowest BCUT2D eigenvalue weighted by atomic mass is 9.94. The highest BCUT2D eigenvalue weighted by Crippen LogP contribution is 2.26. The van der Waals surface area contributed by atoms with E-state index in [1.807, 2.05) is 0 Å². The van der Waals surface area contributed by atoms with Crippen molar-refractivity contribution < 1.29 is 14.4 Å². The molecule has 1 N–H and O–H groups in total. The largest absolute Gasteiger partial charge is 0.296 e. The standard InChI is InChI=1S/C12H11N5O3/c1-2-17-11(19)7-8(15-16-9(7)12(17)20)10(18)6-5-13-3-4-14-6/h3-5,7,9,16H,2H2,1H3/t7-,9-/m0/s1. The van der Waals surface area contributed by atoms with Crippen molar-refractivity contribution in [1.29, 1.82) is 0 Å². The minimum absolute atomic E-state index is 0.0183. The van der Waals surface area contributed by atoms with Crippen LogP contribution in [0.1, 0.15) is 17.4 Å². The van der Waals surface area contributed by atoms with Crippen molar-refractivity contribution in [3.05, 3.63) is 24.3 Å². The Morgan fingerprint density at radius 3 is 2.80 bits per heavy atom. The number of Topliss-reactive ketones (excluding diaryl/α,β-unsaturated/α-hetero) is 1. The number of nitrogens with zero attached hydrogens (tertiary/aromatic N) is 4. The molecule has 8 nitrogen and oxygen atoms in total. The van der Waals surface area contributed by atoms with E-state index in [4.69, 9.17) is 0 Å². The minimum atomic E-state index is -0.864. The molecule has 2 aliphatic rings. The number of imide groups is 1. The van der Waals surface area contributed by atoms with Crippen molar-refractivity contribution in [1.82, 2.24) is 20.3 Å². The van der Waals surface area contributed by atoms with Crippen LogP contribution in [0.4, 0.5) is 0 Å². The molecule has 3 rings (SSSR count). The number of hydrogen-bond acceptors (Lipinski definition) is 7. The molecule has 2 aliphatic heterocycles. The van der Waals surface area contributed by atoms with Crippen LogP contribution in [0.3, 0.4) is 0 Å². The van der Waals surface area contributed by atoms with Crippen molar-refractivity contribution in [3.8, 4) is 0 Å². The van der Waals surface area contributed by atoms with Gasteiger partial charge in [0, 0.05) is 18.9 Å². The number of rotatable bonds is 3. The topological polar surface area (TPSA) is 105 Å². The summed E-state index contributed by atoms with van der Waals surface area (Å²) in [6, 6.07) is -0.780. The monoisotopic (exact) mass is 273 g/mol. The van der Waals surface area contributed by atoms with E-state index in [0.29, 0.717) is 0 Å². The molecule has 2 amide bonds. The molecule has 2 atom stereocenters. The molecule has 102 valence electrons. The van der Waals surface area contributed by atoms with Crippen LogP contribution >= 0.6 is 0 Å². The van der Waals surface area contributed by atoms with Gasteiger partial charge in [-0.25, -0.2) is 4.98 Å². The molecule has 1 fully saturated rings. The number of likely N-dealkylation sites (N-methyl/N-ethyl adjacent to an activating group) is 1. The second kappa shape index (κ2) is 4.48. The molecule has 0 unspecified atom stereocenters. The van der Waals surface area contributed by atoms with Crippen LogP contribution in [0.2, 0.25) is 0 Å². The number of amides is 2. The summed E-state index contributed by atoms with van der Waals surface area (Å²) >= 11 is 0. The molecular formula is C12H11N5O3. The molecule has 0 saturated carbocycles. The van der Waals surface area contributed by atoms with Crippen molar-refractivity contribution in [3.63, 3.8) is 0 Å². The lowest BCUT2D eigenvalue weighted by molar-refractivity contribution is -0.139. The zero-order chi connectivity index (χ0) is 14.3. The zero-order valence-corrected chi connectivity index (χ0v) is 10.6. The summed E-state index contributed by atoms with van der Waals surface area (Å²) in [4.78, 5) is 45.2. The predicted octanol–water partition coefficient (Wildman–Crippen LogP) is -1.01. The Hall–Kier alpha value is -2.64. The first-order chi connectivity index (χ1) is 9.65. The third-order valence-corrected chi connectivity index (χ3v) is 3.36. The smallest absolute Gasteiger partial charge is 0.254 e. The van der Waals surface area contributed by atoms with Gasteiger partial charge in [0.2, 0.25) is 11.7 Å². The van der Waals surface area contributed by atoms with E-state index in [1.54, 1.807) is 6.92 Å². The quantitative estimate of drug-likeness (QED) is 0.559. The van der Waals surface area contributed by atoms with E-state index < -0.39 is 23.7 Å². The number of carbonyl (C=O) groups is 3. The minimum Gasteiger partial charge on any atom is -0.296 e. The van der Waals surface area contributed by atoms with Crippen molar-refractivity contribution >= 4 is 23.3 Å². The zero-order valence-electron chi connectivity index (χ0n) is 10.6. The highest BCUT2D eigenvalue weighted by atomic mass is 16.2. The predicted molar refractivity (Wildman–Crippen MR) is 66.6 cm³/mol. The lowest BCUT2D eigenvalue weighted by Crippen LogP contribution is -2.36. The van der Waals surface area contributed by atoms with Crippen LogP contribution in [0.5, 0.6) is 0 Å². The van der Waals surface area contributed by atoms with Crippen molar-refractivity contribution in [2.24, 2.45) is 11.0 Å². The van der Waals surface area contributed by atoms with Gasteiger partial charge < -0.3 is 0 Å². The summed E-state index contributed by atoms with van der Waals surface area (Å²) in [5, 5.41) is 3.85. The Labute approximate surface area is 113 Å². The summed E-state index contributed by atoms with van der Waals surface area (Å²) in [7, 11) is 0. The highest BCUT2D eigenvalue weighted by Gasteiger charge is 2.54. The van der Waals surface area contributed by atoms with Gasteiger partial charge in [0.25, 0.3) is 5.91 Å². The van der Waals surface area contributed by atoms with E-state index in [0.717, 1.165) is 4.90 Å². The van der Waals surface area contributed by atoms with E-state index in [1.165, 1.54) is 18.6 Å². The Bertz CT molecular complexity index is 627. The molecule has 0 spiro atoms. The average molecular weight is 273 g/mol. The van der Waals surface area contributed by atoms with Crippen LogP contribution in [0, 0.1) is 5.92 Å². The number of likely N-dealkylation sites (tertiary alicyclic amines) is 1. The van der Waals surface area contributed by atoms with Gasteiger partial charge in [-0.3, -0.25) is 29.7 Å². The Morgan fingerprint density at radius 2 is 2.15 bits per heavy atom. The number of aromatic nitrogens is 2. The van der Waals surface area contributed by atoms with E-state index in [2.05, 4.69) is 20.5 Å². The maximum absolute atomic E-state index is 12.3. The van der Waals surface area contributed by atoms with Gasteiger partial charge in [0.15, 0.2) is 0 Å². The molecule has 3 heterocycles. The van der Waals surface area contributed by atoms with Crippen LogP contribution in [0.15, 0.2) is 23.7 Å². The average Bonchev–Trinajstić information content (AvgIpc) is 3.01. The molecule has 0 aliphatic carbocycles. The van der Waals surface area contributed by atoms with Gasteiger partial charge >= 0.3 is 0 Å². The van der Waals surface area contributed by atoms with Crippen LogP contribution < -0.4 is 5.43 Å². The lowest BCUT2D eigenvalue weighted by Gasteiger charge is -2.11. The summed E-state index contributed by atoms with van der Waals surface area (Å²) in [5.74, 6) is -2.11. The van der Waals surface area contributed by atoms with Gasteiger partial charge in [0.1, 0.15) is 23.4 Å². The fourth-order valence-electron chi connectivity index (χ4n) is 2.39. The van der Waals surface area contributed by atoms with E-state index in [-0.39, 0.29) is 23.9 Å². The first kappa shape index (κ1) is 12.4. The van der Waals surface area contributed by atoms with E-state index >= 15 is 0 Å². The van der Waals surface area contributed by atoms with Crippen LogP contribution in [-0.2, 0) is 9.59 Å². The molecule has 20 heavy (non-hydrogen) atoms. The SMILES string of the molecule is CCN1C(=O)[C@H]2C(C(=O)c3cnccn3)=NN[C@@H]2C1=O. The number of hydrazone groups is 1. The molecule has 1 aromatic heterocycles. The number of nitrogens with one attached hydrogen (secondary N) is 1. The van der Waals surface area contributed by atoms with Gasteiger partial charge in [-0.2, -0.15) is 5.10 Å². The highest BCUT2D eigenvalue weighted by molar-refractivity contribution is 6.50. The number of carbonyl (C=O) groups excluding carboxylic acids is 3. The maximum Gasteiger partial charge on any atom is 0.254 e. The van der Waals surface area contributed by atoms with Crippen molar-refractivity contribution in [2.45, 2.75) is 13.0 Å². The summed E-state index contributed by atoms with van der Waals surface area (Å²) in [6.07, 6.45) is 4.13. The third-order valence-electron chi connectivity index (χ3n) is 3.36. The first-order valence-corrected chi connectivity index (χ1v) is 6.14. The van der Waals surface area contributed by atoms with Gasteiger partial charge in [-0.1, -0.05) is 0 Å². The molecule has 1 saturated heterocycles. The fraction of sp³-hybridized carbons (Fsp3) is 0.333. The summed E-state index contributed by atoms with van der Waals surface area (Å²) in [6.45, 7) is 1.98. The van der Waals surface area contributed by atoms with Crippen molar-refractivity contribution in [2.75, 3.05) is 6.54 Å². The molecule has 0 bridgehead atoms. The summed E-state index contributed by atoms with van der Waals surface area (Å²) in [5.41, 5.74) is 2.69. The maximum atomic E-state index is 12.3. The van der Waals surface area contributed by atoms with Gasteiger partial charge in [-0.05, 0) is 6.92 Å². The number of ketones is 1. The molecule has 1 aromatic rings. The third kappa shape index (κ3) is 1.61. The van der Waals surface area contributed by atoms with Crippen LogP contribution in [0.25, 0.3) is 0 Å². The normalized spacial score (nSPS) is 24.4. The second-order valence-electron chi connectivity index (χ2n) is 4.42. The number of fused-ring (bicyclic) bond motifs is 1. The molecule has 8 heteroatoms. The molecule has 0 aromatic carbocycles. The van der Waals surface area contributed by atoms with E-state index in [9.17, 15) is 14.4 Å². The Balaban J connectivity index is 1.92. The number of hydrogen-bond donors (Lipinski definition) is 1. The van der Waals surface area contributed by atoms with Crippen LogP contribution in [-0.4, -0.2) is 50.8 Å². The second-order valence-corrected chi connectivity index (χ2v) is 4.42. The first-order valence-electron chi connectivity index (χ1n) is 6.14. The summed E-state index contributed by atoms with van der Waals surface area (Å²) < 4.78 is 0. The molecule has 0 radical (unpaired) electrons. The Morgan fingerprint density at radius 1 is 1.35 bits per heavy atom. The Kier molecular flexibility index (Phi) is 2.78.